The summed E-state index contributed by atoms with van der Waals surface area (Å²) in [5.41, 5.74) is 0.182. The van der Waals surface area contributed by atoms with E-state index < -0.39 is 11.2 Å². The van der Waals surface area contributed by atoms with Crippen LogP contribution >= 0.6 is 0 Å². The van der Waals surface area contributed by atoms with Crippen LogP contribution in [0.5, 0.6) is 0 Å². The number of rotatable bonds is 1. The zero-order chi connectivity index (χ0) is 17.4. The van der Waals surface area contributed by atoms with Crippen molar-refractivity contribution in [2.24, 2.45) is 0 Å². The molecule has 2 aromatic heterocycles. The number of aromatic nitrogens is 3. The third-order valence-electron chi connectivity index (χ3n) is 4.08. The van der Waals surface area contributed by atoms with Crippen molar-refractivity contribution in [2.45, 2.75) is 44.8 Å². The molecule has 3 rings (SSSR count). The van der Waals surface area contributed by atoms with E-state index in [1.165, 1.54) is 6.33 Å². The first-order valence-corrected chi connectivity index (χ1v) is 8.05. The van der Waals surface area contributed by atoms with Crippen LogP contribution in [0.25, 0.3) is 11.0 Å². The molecule has 0 atom stereocenters. The predicted molar refractivity (Wildman–Crippen MR) is 88.3 cm³/mol. The number of ether oxygens (including phenoxy) is 1. The Balaban J connectivity index is 1.78. The fraction of sp³-hybridized carbons (Fsp3) is 0.529. The Morgan fingerprint density at radius 2 is 1.96 bits per heavy atom. The van der Waals surface area contributed by atoms with Gasteiger partial charge in [-0.1, -0.05) is 0 Å². The highest BCUT2D eigenvalue weighted by Crippen LogP contribution is 2.34. The maximum Gasteiger partial charge on any atom is 0.410 e. The summed E-state index contributed by atoms with van der Waals surface area (Å²) in [6.07, 6.45) is 3.52. The van der Waals surface area contributed by atoms with Crippen LogP contribution in [0.15, 0.2) is 24.7 Å². The largest absolute Gasteiger partial charge is 0.444 e. The van der Waals surface area contributed by atoms with Crippen molar-refractivity contribution in [3.05, 3.63) is 30.4 Å². The van der Waals surface area contributed by atoms with Crippen molar-refractivity contribution < 1.29 is 14.6 Å². The third kappa shape index (κ3) is 3.31. The van der Waals surface area contributed by atoms with Crippen molar-refractivity contribution in [3.63, 3.8) is 0 Å². The van der Waals surface area contributed by atoms with E-state index in [1.807, 2.05) is 26.8 Å². The van der Waals surface area contributed by atoms with Gasteiger partial charge in [-0.05, 0) is 45.7 Å². The highest BCUT2D eigenvalue weighted by atomic mass is 16.6. The Kier molecular flexibility index (Phi) is 4.13. The highest BCUT2D eigenvalue weighted by molar-refractivity contribution is 5.76. The number of aliphatic hydroxyl groups is 1. The van der Waals surface area contributed by atoms with Gasteiger partial charge in [-0.15, -0.1) is 0 Å². The van der Waals surface area contributed by atoms with E-state index in [1.54, 1.807) is 17.2 Å². The number of likely N-dealkylation sites (tertiary alicyclic amines) is 1. The predicted octanol–water partition coefficient (Wildman–Crippen LogP) is 2.24. The van der Waals surface area contributed by atoms with Gasteiger partial charge in [-0.2, -0.15) is 0 Å². The number of hydrogen-bond donors (Lipinski definition) is 1. The first kappa shape index (κ1) is 16.6. The molecule has 2 aromatic rings. The number of hydrogen-bond acceptors (Lipinski definition) is 6. The maximum absolute atomic E-state index is 12.2. The molecule has 24 heavy (non-hydrogen) atoms. The van der Waals surface area contributed by atoms with Crippen LogP contribution in [0, 0.1) is 0 Å². The first-order valence-electron chi connectivity index (χ1n) is 8.05. The van der Waals surface area contributed by atoms with Crippen LogP contribution in [0.3, 0.4) is 0 Å². The Morgan fingerprint density at radius 3 is 2.62 bits per heavy atom. The van der Waals surface area contributed by atoms with E-state index in [0.717, 1.165) is 0 Å². The van der Waals surface area contributed by atoms with Gasteiger partial charge in [0.15, 0.2) is 0 Å². The number of pyridine rings is 1. The lowest BCUT2D eigenvalue weighted by atomic mass is 9.87. The molecule has 1 amide bonds. The third-order valence-corrected chi connectivity index (χ3v) is 4.08. The average molecular weight is 330 g/mol. The van der Waals surface area contributed by atoms with E-state index in [9.17, 15) is 9.90 Å². The van der Waals surface area contributed by atoms with Crippen molar-refractivity contribution in [1.29, 1.82) is 0 Å². The molecule has 3 heterocycles. The van der Waals surface area contributed by atoms with Gasteiger partial charge in [-0.25, -0.2) is 14.8 Å². The quantitative estimate of drug-likeness (QED) is 0.862. The van der Waals surface area contributed by atoms with Crippen LogP contribution in [0.1, 0.15) is 39.3 Å². The molecule has 0 saturated carbocycles. The van der Waals surface area contributed by atoms with Crippen LogP contribution in [-0.2, 0) is 10.3 Å². The molecular formula is C17H22N4O3. The minimum Gasteiger partial charge on any atom is -0.444 e. The summed E-state index contributed by atoms with van der Waals surface area (Å²) in [5.74, 6) is 0. The number of carbonyl (C=O) groups is 1. The molecule has 1 fully saturated rings. The zero-order valence-electron chi connectivity index (χ0n) is 14.2. The number of amides is 1. The molecule has 0 unspecified atom stereocenters. The van der Waals surface area contributed by atoms with Crippen LogP contribution in [0.2, 0.25) is 0 Å². The molecule has 0 aromatic carbocycles. The smallest absolute Gasteiger partial charge is 0.410 e. The molecule has 0 radical (unpaired) electrons. The van der Waals surface area contributed by atoms with Crippen LogP contribution in [-0.4, -0.2) is 49.7 Å². The normalized spacial score (nSPS) is 17.8. The molecule has 7 heteroatoms. The van der Waals surface area contributed by atoms with Crippen LogP contribution in [0.4, 0.5) is 4.79 Å². The van der Waals surface area contributed by atoms with E-state index in [0.29, 0.717) is 42.7 Å². The van der Waals surface area contributed by atoms with Gasteiger partial charge in [0.2, 0.25) is 0 Å². The summed E-state index contributed by atoms with van der Waals surface area (Å²) in [6, 6.07) is 3.64. The minimum absolute atomic E-state index is 0.352. The second kappa shape index (κ2) is 5.98. The monoisotopic (exact) mass is 330 g/mol. The molecule has 0 spiro atoms. The van der Waals surface area contributed by atoms with Crippen molar-refractivity contribution in [2.75, 3.05) is 13.1 Å². The number of fused-ring (bicyclic) bond motifs is 1. The zero-order valence-corrected chi connectivity index (χ0v) is 14.2. The number of carbonyl (C=O) groups excluding carboxylic acids is 1. The second-order valence-corrected chi connectivity index (χ2v) is 7.09. The van der Waals surface area contributed by atoms with E-state index in [2.05, 4.69) is 15.0 Å². The van der Waals surface area contributed by atoms with Crippen molar-refractivity contribution in [3.8, 4) is 0 Å². The van der Waals surface area contributed by atoms with Crippen molar-refractivity contribution >= 4 is 17.1 Å². The molecule has 1 aliphatic rings. The van der Waals surface area contributed by atoms with Gasteiger partial charge in [0.05, 0.1) is 5.52 Å². The first-order chi connectivity index (χ1) is 11.3. The molecule has 1 aliphatic heterocycles. The highest BCUT2D eigenvalue weighted by Gasteiger charge is 2.39. The lowest BCUT2D eigenvalue weighted by Gasteiger charge is -2.38. The molecule has 1 saturated heterocycles. The summed E-state index contributed by atoms with van der Waals surface area (Å²) in [4.78, 5) is 26.5. The molecule has 7 nitrogen and oxygen atoms in total. The fourth-order valence-electron chi connectivity index (χ4n) is 2.86. The van der Waals surface area contributed by atoms with Gasteiger partial charge in [0, 0.05) is 19.3 Å². The second-order valence-electron chi connectivity index (χ2n) is 7.09. The topological polar surface area (TPSA) is 88.4 Å². The van der Waals surface area contributed by atoms with Gasteiger partial charge >= 0.3 is 6.09 Å². The molecule has 1 N–H and O–H groups in total. The summed E-state index contributed by atoms with van der Waals surface area (Å²) >= 11 is 0. The Bertz CT molecular complexity index is 744. The van der Waals surface area contributed by atoms with E-state index in [-0.39, 0.29) is 6.09 Å². The summed E-state index contributed by atoms with van der Waals surface area (Å²) < 4.78 is 5.39. The summed E-state index contributed by atoms with van der Waals surface area (Å²) in [6.45, 7) is 6.32. The van der Waals surface area contributed by atoms with Gasteiger partial charge in [-0.3, -0.25) is 4.98 Å². The van der Waals surface area contributed by atoms with E-state index >= 15 is 0 Å². The SMILES string of the molecule is CC(C)(C)OC(=O)N1CCC(O)(c2ncnc3cccnc23)CC1. The maximum atomic E-state index is 12.2. The Hall–Kier alpha value is -2.28. The minimum atomic E-state index is -1.12. The fourth-order valence-corrected chi connectivity index (χ4v) is 2.86. The van der Waals surface area contributed by atoms with Crippen LogP contribution < -0.4 is 0 Å². The lowest BCUT2D eigenvalue weighted by molar-refractivity contribution is -0.0373. The van der Waals surface area contributed by atoms with Crippen molar-refractivity contribution in [1.82, 2.24) is 19.9 Å². The van der Waals surface area contributed by atoms with Gasteiger partial charge in [0.25, 0.3) is 0 Å². The Labute approximate surface area is 140 Å². The number of piperidine rings is 1. The summed E-state index contributed by atoms with van der Waals surface area (Å²) in [7, 11) is 0. The summed E-state index contributed by atoms with van der Waals surface area (Å²) in [5, 5.41) is 11.1. The van der Waals surface area contributed by atoms with E-state index in [4.69, 9.17) is 4.74 Å². The lowest BCUT2D eigenvalue weighted by Crippen LogP contribution is -2.47. The van der Waals surface area contributed by atoms with Gasteiger partial charge in [0.1, 0.15) is 28.7 Å². The molecule has 0 aliphatic carbocycles. The molecule has 128 valence electrons. The van der Waals surface area contributed by atoms with Gasteiger partial charge < -0.3 is 14.7 Å². The standard InChI is InChI=1S/C17H22N4O3/c1-16(2,3)24-15(22)21-9-6-17(23,7-10-21)14-13-12(19-11-20-14)5-4-8-18-13/h4-5,8,11,23H,6-7,9-10H2,1-3H3. The molecule has 0 bridgehead atoms. The number of nitrogens with zero attached hydrogens (tertiary/aromatic N) is 4. The Morgan fingerprint density at radius 1 is 1.25 bits per heavy atom. The molecular weight excluding hydrogens is 308 g/mol. The average Bonchev–Trinajstić information content (AvgIpc) is 2.53.